The molecule has 0 unspecified atom stereocenters. The maximum atomic E-state index is 6.09. The van der Waals surface area contributed by atoms with Crippen LogP contribution < -0.4 is 5.32 Å². The lowest BCUT2D eigenvalue weighted by Crippen LogP contribution is -2.49. The molecule has 0 radical (unpaired) electrons. The predicted molar refractivity (Wildman–Crippen MR) is 110 cm³/mol. The Morgan fingerprint density at radius 2 is 1.76 bits per heavy atom. The maximum absolute atomic E-state index is 6.09. The van der Waals surface area contributed by atoms with Gasteiger partial charge in [-0.25, -0.2) is 0 Å². The van der Waals surface area contributed by atoms with Crippen LogP contribution in [0.1, 0.15) is 16.7 Å². The molecule has 0 bridgehead atoms. The van der Waals surface area contributed by atoms with E-state index < -0.39 is 0 Å². The first-order valence-electron chi connectivity index (χ1n) is 8.62. The molecule has 0 atom stereocenters. The van der Waals surface area contributed by atoms with Crippen LogP contribution in [0.15, 0.2) is 42.5 Å². The normalized spacial score (nSPS) is 15.2. The van der Waals surface area contributed by atoms with Gasteiger partial charge in [0.15, 0.2) is 5.11 Å². The van der Waals surface area contributed by atoms with Gasteiger partial charge in [0.2, 0.25) is 0 Å². The number of piperazine rings is 1. The van der Waals surface area contributed by atoms with Crippen molar-refractivity contribution >= 4 is 34.6 Å². The van der Waals surface area contributed by atoms with E-state index in [-0.39, 0.29) is 0 Å². The summed E-state index contributed by atoms with van der Waals surface area (Å²) in [5, 5.41) is 4.85. The summed E-state index contributed by atoms with van der Waals surface area (Å²) in [4.78, 5) is 4.73. The molecule has 0 aliphatic carbocycles. The summed E-state index contributed by atoms with van der Waals surface area (Å²) in [6.45, 7) is 9.16. The number of nitrogens with zero attached hydrogens (tertiary/aromatic N) is 2. The Morgan fingerprint density at radius 1 is 1.04 bits per heavy atom. The number of benzene rings is 2. The lowest BCUT2D eigenvalue weighted by molar-refractivity contribution is 0.176. The van der Waals surface area contributed by atoms with Crippen molar-refractivity contribution in [2.24, 2.45) is 0 Å². The van der Waals surface area contributed by atoms with Crippen molar-refractivity contribution in [2.75, 3.05) is 31.5 Å². The highest BCUT2D eigenvalue weighted by molar-refractivity contribution is 7.80. The predicted octanol–water partition coefficient (Wildman–Crippen LogP) is 4.47. The van der Waals surface area contributed by atoms with E-state index in [1.54, 1.807) is 0 Å². The molecule has 0 spiro atoms. The van der Waals surface area contributed by atoms with Crippen molar-refractivity contribution in [3.05, 3.63) is 64.2 Å². The van der Waals surface area contributed by atoms with Gasteiger partial charge in [-0.3, -0.25) is 4.90 Å². The molecule has 1 heterocycles. The SMILES string of the molecule is Cc1ccccc1CN1CCN(C(=S)Nc2cc(Cl)ccc2C)CC1. The van der Waals surface area contributed by atoms with Crippen molar-refractivity contribution in [3.8, 4) is 0 Å². The van der Waals surface area contributed by atoms with E-state index in [0.717, 1.165) is 54.1 Å². The van der Waals surface area contributed by atoms with Gasteiger partial charge in [-0.1, -0.05) is 41.9 Å². The highest BCUT2D eigenvalue weighted by Crippen LogP contribution is 2.21. The van der Waals surface area contributed by atoms with Gasteiger partial charge in [0.25, 0.3) is 0 Å². The highest BCUT2D eigenvalue weighted by Gasteiger charge is 2.19. The second kappa shape index (κ2) is 8.17. The third-order valence-electron chi connectivity index (χ3n) is 4.76. The minimum Gasteiger partial charge on any atom is -0.346 e. The minimum absolute atomic E-state index is 0.721. The van der Waals surface area contributed by atoms with Gasteiger partial charge in [0, 0.05) is 43.4 Å². The molecule has 2 aromatic carbocycles. The Balaban J connectivity index is 1.54. The second-order valence-corrected chi connectivity index (χ2v) is 7.40. The summed E-state index contributed by atoms with van der Waals surface area (Å²) in [5.41, 5.74) is 4.90. The topological polar surface area (TPSA) is 18.5 Å². The number of nitrogens with one attached hydrogen (secondary N) is 1. The van der Waals surface area contributed by atoms with Crippen molar-refractivity contribution in [1.29, 1.82) is 0 Å². The summed E-state index contributed by atoms with van der Waals surface area (Å²) in [7, 11) is 0. The van der Waals surface area contributed by atoms with Gasteiger partial charge in [0.1, 0.15) is 0 Å². The van der Waals surface area contributed by atoms with E-state index in [2.05, 4.69) is 53.2 Å². The van der Waals surface area contributed by atoms with Gasteiger partial charge >= 0.3 is 0 Å². The fourth-order valence-electron chi connectivity index (χ4n) is 3.06. The average molecular weight is 374 g/mol. The summed E-state index contributed by atoms with van der Waals surface area (Å²) >= 11 is 11.7. The van der Waals surface area contributed by atoms with E-state index in [1.807, 2.05) is 18.2 Å². The fourth-order valence-corrected chi connectivity index (χ4v) is 3.53. The Morgan fingerprint density at radius 3 is 2.48 bits per heavy atom. The molecular formula is C20H24ClN3S. The molecule has 5 heteroatoms. The van der Waals surface area contributed by atoms with E-state index in [9.17, 15) is 0 Å². The maximum Gasteiger partial charge on any atom is 0.173 e. The lowest BCUT2D eigenvalue weighted by atomic mass is 10.1. The molecule has 0 saturated carbocycles. The van der Waals surface area contributed by atoms with Crippen LogP contribution in [0.5, 0.6) is 0 Å². The molecule has 3 rings (SSSR count). The first kappa shape index (κ1) is 18.2. The molecule has 1 aliphatic rings. The fraction of sp³-hybridized carbons (Fsp3) is 0.350. The minimum atomic E-state index is 0.721. The molecule has 0 aromatic heterocycles. The average Bonchev–Trinajstić information content (AvgIpc) is 2.61. The van der Waals surface area contributed by atoms with Crippen molar-refractivity contribution in [3.63, 3.8) is 0 Å². The van der Waals surface area contributed by atoms with E-state index >= 15 is 0 Å². The Labute approximate surface area is 160 Å². The van der Waals surface area contributed by atoms with E-state index in [1.165, 1.54) is 11.1 Å². The number of anilines is 1. The Kier molecular flexibility index (Phi) is 5.94. The van der Waals surface area contributed by atoms with Crippen molar-refractivity contribution in [2.45, 2.75) is 20.4 Å². The monoisotopic (exact) mass is 373 g/mol. The van der Waals surface area contributed by atoms with Gasteiger partial charge in [-0.15, -0.1) is 0 Å². The van der Waals surface area contributed by atoms with Crippen LogP contribution in [-0.2, 0) is 6.54 Å². The summed E-state index contributed by atoms with van der Waals surface area (Å²) in [5.74, 6) is 0. The van der Waals surface area contributed by atoms with Crippen molar-refractivity contribution < 1.29 is 0 Å². The summed E-state index contributed by atoms with van der Waals surface area (Å²) in [6, 6.07) is 14.4. The third kappa shape index (κ3) is 4.72. The Hall–Kier alpha value is -1.62. The number of thiocarbonyl (C=S) groups is 1. The largest absolute Gasteiger partial charge is 0.346 e. The number of aryl methyl sites for hydroxylation is 2. The van der Waals surface area contributed by atoms with E-state index in [0.29, 0.717) is 0 Å². The molecule has 1 N–H and O–H groups in total. The molecule has 1 saturated heterocycles. The molecule has 132 valence electrons. The number of hydrogen-bond acceptors (Lipinski definition) is 2. The van der Waals surface area contributed by atoms with Crippen LogP contribution >= 0.6 is 23.8 Å². The van der Waals surface area contributed by atoms with E-state index in [4.69, 9.17) is 23.8 Å². The molecule has 2 aromatic rings. The summed E-state index contributed by atoms with van der Waals surface area (Å²) in [6.07, 6.45) is 0. The highest BCUT2D eigenvalue weighted by atomic mass is 35.5. The second-order valence-electron chi connectivity index (χ2n) is 6.58. The standard InChI is InChI=1S/C20H24ClN3S/c1-15-5-3-4-6-17(15)14-23-9-11-24(12-10-23)20(25)22-19-13-18(21)8-7-16(19)2/h3-8,13H,9-12,14H2,1-2H3,(H,22,25). The zero-order valence-corrected chi connectivity index (χ0v) is 16.3. The Bertz CT molecular complexity index is 754. The quantitative estimate of drug-likeness (QED) is 0.799. The number of hydrogen-bond donors (Lipinski definition) is 1. The van der Waals surface area contributed by atoms with Gasteiger partial charge < -0.3 is 10.2 Å². The molecule has 1 aliphatic heterocycles. The lowest BCUT2D eigenvalue weighted by Gasteiger charge is -2.36. The number of rotatable bonds is 3. The zero-order chi connectivity index (χ0) is 17.8. The molecule has 0 amide bonds. The molecule has 25 heavy (non-hydrogen) atoms. The van der Waals surface area contributed by atoms with Gasteiger partial charge in [0.05, 0.1) is 0 Å². The zero-order valence-electron chi connectivity index (χ0n) is 14.8. The first-order chi connectivity index (χ1) is 12.0. The third-order valence-corrected chi connectivity index (χ3v) is 5.35. The van der Waals surface area contributed by atoms with Crippen LogP contribution in [0.3, 0.4) is 0 Å². The smallest absolute Gasteiger partial charge is 0.173 e. The van der Waals surface area contributed by atoms with Crippen LogP contribution in [0.25, 0.3) is 0 Å². The van der Waals surface area contributed by atoms with Crippen molar-refractivity contribution in [1.82, 2.24) is 9.80 Å². The van der Waals surface area contributed by atoms with Crippen LogP contribution in [0.4, 0.5) is 5.69 Å². The van der Waals surface area contributed by atoms with Gasteiger partial charge in [-0.2, -0.15) is 0 Å². The molecule has 3 nitrogen and oxygen atoms in total. The van der Waals surface area contributed by atoms with Gasteiger partial charge in [-0.05, 0) is 54.9 Å². The van der Waals surface area contributed by atoms with Crippen LogP contribution in [-0.4, -0.2) is 41.1 Å². The molecule has 1 fully saturated rings. The first-order valence-corrected chi connectivity index (χ1v) is 9.40. The number of halogens is 1. The summed E-state index contributed by atoms with van der Waals surface area (Å²) < 4.78 is 0. The van der Waals surface area contributed by atoms with Crippen LogP contribution in [0, 0.1) is 13.8 Å². The van der Waals surface area contributed by atoms with Crippen LogP contribution in [0.2, 0.25) is 5.02 Å². The molecular weight excluding hydrogens is 350 g/mol.